The molecule has 32 heavy (non-hydrogen) atoms. The van der Waals surface area contributed by atoms with Gasteiger partial charge in [0.1, 0.15) is 0 Å². The molecule has 0 bridgehead atoms. The average molecular weight is 449 g/mol. The number of hydrogen-bond donors (Lipinski definition) is 2. The molecule has 3 aromatic rings. The number of amides is 2. The van der Waals surface area contributed by atoms with E-state index >= 15 is 0 Å². The van der Waals surface area contributed by atoms with Crippen LogP contribution in [-0.4, -0.2) is 59.6 Å². The van der Waals surface area contributed by atoms with Crippen LogP contribution in [0, 0.1) is 0 Å². The fourth-order valence-electron chi connectivity index (χ4n) is 5.55. The molecule has 168 valence electrons. The van der Waals surface area contributed by atoms with Crippen LogP contribution in [0.5, 0.6) is 0 Å². The maximum Gasteiger partial charge on any atom is 0.317 e. The molecule has 1 saturated heterocycles. The van der Waals surface area contributed by atoms with E-state index in [4.69, 9.17) is 0 Å². The molecular formula is C26H32N4OS. The van der Waals surface area contributed by atoms with Gasteiger partial charge in [-0.15, -0.1) is 0 Å². The fraction of sp³-hybridized carbons (Fsp3) is 0.423. The first-order valence-electron chi connectivity index (χ1n) is 11.7. The van der Waals surface area contributed by atoms with Crippen molar-refractivity contribution in [2.45, 2.75) is 54.5 Å². The van der Waals surface area contributed by atoms with Crippen LogP contribution in [0.3, 0.4) is 0 Å². The minimum absolute atomic E-state index is 0.0588. The summed E-state index contributed by atoms with van der Waals surface area (Å²) in [5.74, 6) is 0.415. The molecular weight excluding hydrogens is 416 g/mol. The molecule has 0 spiro atoms. The zero-order valence-corrected chi connectivity index (χ0v) is 19.9. The second kappa shape index (κ2) is 8.83. The van der Waals surface area contributed by atoms with Crippen molar-refractivity contribution in [3.05, 3.63) is 59.8 Å². The van der Waals surface area contributed by atoms with Gasteiger partial charge in [0.2, 0.25) is 0 Å². The molecule has 0 radical (unpaired) electrons. The molecule has 1 unspecified atom stereocenters. The first-order valence-corrected chi connectivity index (χ1v) is 12.5. The van der Waals surface area contributed by atoms with Crippen molar-refractivity contribution in [2.75, 3.05) is 26.7 Å². The summed E-state index contributed by atoms with van der Waals surface area (Å²) in [7, 11) is 2.21. The van der Waals surface area contributed by atoms with Crippen LogP contribution >= 0.6 is 11.8 Å². The van der Waals surface area contributed by atoms with Crippen molar-refractivity contribution in [1.82, 2.24) is 20.1 Å². The van der Waals surface area contributed by atoms with Crippen molar-refractivity contribution in [3.63, 3.8) is 0 Å². The van der Waals surface area contributed by atoms with Crippen molar-refractivity contribution >= 4 is 28.7 Å². The van der Waals surface area contributed by atoms with E-state index in [0.717, 1.165) is 32.5 Å². The van der Waals surface area contributed by atoms with Gasteiger partial charge in [-0.1, -0.05) is 30.0 Å². The summed E-state index contributed by atoms with van der Waals surface area (Å²) in [5.41, 5.74) is 4.08. The predicted molar refractivity (Wildman–Crippen MR) is 132 cm³/mol. The van der Waals surface area contributed by atoms with Gasteiger partial charge in [0.05, 0.1) is 0 Å². The van der Waals surface area contributed by atoms with E-state index in [-0.39, 0.29) is 12.1 Å². The molecule has 1 fully saturated rings. The Morgan fingerprint density at radius 1 is 1.19 bits per heavy atom. The number of H-pyrrole nitrogens is 1. The van der Waals surface area contributed by atoms with Gasteiger partial charge in [0.25, 0.3) is 0 Å². The largest absolute Gasteiger partial charge is 0.361 e. The number of nitrogens with one attached hydrogen (secondary N) is 2. The van der Waals surface area contributed by atoms with E-state index in [9.17, 15) is 4.79 Å². The summed E-state index contributed by atoms with van der Waals surface area (Å²) in [5, 5.41) is 4.72. The third-order valence-electron chi connectivity index (χ3n) is 7.13. The number of rotatable bonds is 5. The van der Waals surface area contributed by atoms with Crippen LogP contribution in [0.15, 0.2) is 58.5 Å². The highest BCUT2D eigenvalue weighted by atomic mass is 32.2. The molecule has 2 heterocycles. The Bertz CT molecular complexity index is 1110. The zero-order valence-electron chi connectivity index (χ0n) is 19.1. The topological polar surface area (TPSA) is 51.4 Å². The van der Waals surface area contributed by atoms with Crippen LogP contribution in [0.4, 0.5) is 4.79 Å². The average Bonchev–Trinajstić information content (AvgIpc) is 3.19. The Morgan fingerprint density at radius 2 is 1.97 bits per heavy atom. The molecule has 2 aliphatic rings. The van der Waals surface area contributed by atoms with Gasteiger partial charge in [-0.25, -0.2) is 4.79 Å². The van der Waals surface area contributed by atoms with Crippen molar-refractivity contribution in [1.29, 1.82) is 0 Å². The number of piperidine rings is 1. The standard InChI is InChI=1S/C26H32N4OS/c1-4-30(5-2)26(31)28-18-12-21-22-13-20(32-19-9-7-6-8-10-19)14-23-25(22)17(15-27-23)11-24(21)29(3)16-18/h6-10,13-15,18,21,24,27H,4-5,11-12,16H2,1-3H3,(H,28,31)/t18-,21?,24+/m0/s1. The number of benzene rings is 2. The Balaban J connectivity index is 1.46. The lowest BCUT2D eigenvalue weighted by molar-refractivity contribution is 0.124. The Kier molecular flexibility index (Phi) is 5.91. The number of aromatic nitrogens is 1. The predicted octanol–water partition coefficient (Wildman–Crippen LogP) is 5.08. The van der Waals surface area contributed by atoms with E-state index in [1.807, 2.05) is 30.5 Å². The molecule has 5 nitrogen and oxygen atoms in total. The van der Waals surface area contributed by atoms with E-state index in [1.54, 1.807) is 0 Å². The lowest BCUT2D eigenvalue weighted by atomic mass is 9.74. The van der Waals surface area contributed by atoms with Crippen molar-refractivity contribution in [2.24, 2.45) is 0 Å². The normalized spacial score (nSPS) is 22.5. The smallest absolute Gasteiger partial charge is 0.317 e. The maximum atomic E-state index is 12.7. The number of likely N-dealkylation sites (tertiary alicyclic amines) is 1. The van der Waals surface area contributed by atoms with Gasteiger partial charge in [-0.05, 0) is 69.1 Å². The molecule has 2 amide bonds. The minimum Gasteiger partial charge on any atom is -0.361 e. The van der Waals surface area contributed by atoms with Crippen LogP contribution in [-0.2, 0) is 6.42 Å². The van der Waals surface area contributed by atoms with Crippen molar-refractivity contribution in [3.8, 4) is 0 Å². The maximum absolute atomic E-state index is 12.7. The monoisotopic (exact) mass is 448 g/mol. The minimum atomic E-state index is 0.0588. The summed E-state index contributed by atoms with van der Waals surface area (Å²) in [6.45, 7) is 6.45. The Morgan fingerprint density at radius 3 is 2.72 bits per heavy atom. The summed E-state index contributed by atoms with van der Waals surface area (Å²) in [4.78, 5) is 23.1. The second-order valence-electron chi connectivity index (χ2n) is 9.04. The summed E-state index contributed by atoms with van der Waals surface area (Å²) < 4.78 is 0. The third-order valence-corrected chi connectivity index (χ3v) is 8.11. The lowest BCUT2D eigenvalue weighted by Crippen LogP contribution is -2.56. The molecule has 1 aliphatic heterocycles. The SMILES string of the molecule is CCN(CC)C(=O)N[C@H]1CC2c3cc(Sc4ccccc4)cc4[nH]cc(c34)C[C@H]2N(C)C1. The fourth-order valence-corrected chi connectivity index (χ4v) is 6.48. The van der Waals surface area contributed by atoms with Crippen LogP contribution in [0.25, 0.3) is 10.9 Å². The van der Waals surface area contributed by atoms with E-state index < -0.39 is 0 Å². The summed E-state index contributed by atoms with van der Waals surface area (Å²) in [6, 6.07) is 15.9. The highest BCUT2D eigenvalue weighted by Crippen LogP contribution is 2.45. The molecule has 2 N–H and O–H groups in total. The van der Waals surface area contributed by atoms with Crippen LogP contribution in [0.1, 0.15) is 37.3 Å². The van der Waals surface area contributed by atoms with Crippen LogP contribution < -0.4 is 5.32 Å². The molecule has 5 rings (SSSR count). The lowest BCUT2D eigenvalue weighted by Gasteiger charge is -2.46. The van der Waals surface area contributed by atoms with Gasteiger partial charge in [0.15, 0.2) is 0 Å². The van der Waals surface area contributed by atoms with Crippen LogP contribution in [0.2, 0.25) is 0 Å². The molecule has 1 aliphatic carbocycles. The van der Waals surface area contributed by atoms with Gasteiger partial charge < -0.3 is 20.1 Å². The Labute approximate surface area is 194 Å². The number of nitrogens with zero attached hydrogens (tertiary/aromatic N) is 2. The van der Waals surface area contributed by atoms with Gasteiger partial charge in [0, 0.05) is 64.5 Å². The summed E-state index contributed by atoms with van der Waals surface area (Å²) in [6.07, 6.45) is 4.25. The molecule has 1 aromatic heterocycles. The first-order chi connectivity index (χ1) is 15.6. The highest BCUT2D eigenvalue weighted by molar-refractivity contribution is 7.99. The zero-order chi connectivity index (χ0) is 22.2. The number of aromatic amines is 1. The molecule has 2 aromatic carbocycles. The van der Waals surface area contributed by atoms with Crippen molar-refractivity contribution < 1.29 is 4.79 Å². The quantitative estimate of drug-likeness (QED) is 0.572. The molecule has 0 saturated carbocycles. The number of hydrogen-bond acceptors (Lipinski definition) is 3. The number of urea groups is 1. The number of carbonyl (C=O) groups excluding carboxylic acids is 1. The third kappa shape index (κ3) is 3.90. The number of carbonyl (C=O) groups is 1. The van der Waals surface area contributed by atoms with E-state index in [0.29, 0.717) is 12.0 Å². The second-order valence-corrected chi connectivity index (χ2v) is 10.2. The number of fused-ring (bicyclic) bond motifs is 2. The number of likely N-dealkylation sites (N-methyl/N-ethyl adjacent to an activating group) is 1. The van der Waals surface area contributed by atoms with E-state index in [2.05, 4.69) is 70.9 Å². The molecule has 6 heteroatoms. The highest BCUT2D eigenvalue weighted by Gasteiger charge is 2.40. The van der Waals surface area contributed by atoms with E-state index in [1.165, 1.54) is 31.8 Å². The van der Waals surface area contributed by atoms with Gasteiger partial charge in [-0.3, -0.25) is 0 Å². The molecule has 3 atom stereocenters. The summed E-state index contributed by atoms with van der Waals surface area (Å²) >= 11 is 1.82. The Hall–Kier alpha value is -2.44. The first kappa shape index (κ1) is 21.4. The van der Waals surface area contributed by atoms with Gasteiger partial charge >= 0.3 is 6.03 Å². The van der Waals surface area contributed by atoms with Gasteiger partial charge in [-0.2, -0.15) is 0 Å².